The molecule has 1 aromatic heterocycles. The summed E-state index contributed by atoms with van der Waals surface area (Å²) in [7, 11) is 1.43. The molecule has 6 heteroatoms. The van der Waals surface area contributed by atoms with Crippen molar-refractivity contribution in [2.24, 2.45) is 0 Å². The van der Waals surface area contributed by atoms with Crippen LogP contribution in [0.3, 0.4) is 0 Å². The monoisotopic (exact) mass is 362 g/mol. The van der Waals surface area contributed by atoms with Gasteiger partial charge in [0.2, 0.25) is 0 Å². The van der Waals surface area contributed by atoms with Crippen LogP contribution in [0.5, 0.6) is 0 Å². The number of ether oxygens (including phenoxy) is 1. The fraction of sp³-hybridized carbons (Fsp3) is 0.526. The second-order valence-corrected chi connectivity index (χ2v) is 7.23. The van der Waals surface area contributed by atoms with Gasteiger partial charge in [0.25, 0.3) is 0 Å². The van der Waals surface area contributed by atoms with Crippen molar-refractivity contribution in [3.8, 4) is 0 Å². The van der Waals surface area contributed by atoms with Gasteiger partial charge in [-0.15, -0.1) is 0 Å². The summed E-state index contributed by atoms with van der Waals surface area (Å²) in [4.78, 5) is 14.8. The molecule has 0 amide bonds. The Kier molecular flexibility index (Phi) is 5.59. The zero-order chi connectivity index (χ0) is 18.0. The minimum Gasteiger partial charge on any atom is -0.465 e. The number of carbonyl (C=O) groups excluding carboxylic acids is 1. The first-order valence-electron chi connectivity index (χ1n) is 8.75. The molecule has 0 radical (unpaired) electrons. The van der Waals surface area contributed by atoms with Crippen LogP contribution in [0.4, 0.5) is 5.69 Å². The molecule has 1 saturated heterocycles. The summed E-state index contributed by atoms with van der Waals surface area (Å²) in [6.07, 6.45) is 6.01. The lowest BCUT2D eigenvalue weighted by atomic mass is 9.98. The maximum absolute atomic E-state index is 12.4. The van der Waals surface area contributed by atoms with Crippen LogP contribution in [0.15, 0.2) is 22.8 Å². The van der Waals surface area contributed by atoms with Crippen LogP contribution in [0.1, 0.15) is 35.7 Å². The molecule has 0 unspecified atom stereocenters. The number of methoxy groups -OCH3 is 1. The molecule has 0 aliphatic carbocycles. The Morgan fingerprint density at radius 2 is 2.16 bits per heavy atom. The number of rotatable bonds is 5. The molecular formula is C19H26N2O3S. The van der Waals surface area contributed by atoms with Crippen molar-refractivity contribution in [2.45, 2.75) is 32.7 Å². The Hall–Kier alpha value is -1.66. The Morgan fingerprint density at radius 1 is 1.44 bits per heavy atom. The van der Waals surface area contributed by atoms with Crippen molar-refractivity contribution in [1.29, 1.82) is 0 Å². The molecule has 0 saturated carbocycles. The van der Waals surface area contributed by atoms with E-state index in [4.69, 9.17) is 9.15 Å². The molecule has 25 heavy (non-hydrogen) atoms. The smallest absolute Gasteiger partial charge is 0.338 e. The summed E-state index contributed by atoms with van der Waals surface area (Å²) in [5.74, 6) is -0.306. The summed E-state index contributed by atoms with van der Waals surface area (Å²) in [6.45, 7) is 7.26. The van der Waals surface area contributed by atoms with Crippen LogP contribution in [-0.2, 0) is 4.74 Å². The van der Waals surface area contributed by atoms with E-state index in [9.17, 15) is 4.79 Å². The van der Waals surface area contributed by atoms with Crippen molar-refractivity contribution >= 4 is 34.6 Å². The zero-order valence-corrected chi connectivity index (χ0v) is 16.2. The largest absolute Gasteiger partial charge is 0.465 e. The number of benzene rings is 1. The number of hydrogen-bond donors (Lipinski definition) is 0. The molecule has 0 atom stereocenters. The van der Waals surface area contributed by atoms with Crippen molar-refractivity contribution in [3.05, 3.63) is 29.5 Å². The third kappa shape index (κ3) is 3.37. The number of hydrogen-bond acceptors (Lipinski definition) is 6. The highest BCUT2D eigenvalue weighted by Crippen LogP contribution is 2.35. The summed E-state index contributed by atoms with van der Waals surface area (Å²) in [5.41, 5.74) is 3.40. The average Bonchev–Trinajstić information content (AvgIpc) is 3.10. The van der Waals surface area contributed by atoms with E-state index >= 15 is 0 Å². The molecule has 0 N–H and O–H groups in total. The van der Waals surface area contributed by atoms with Gasteiger partial charge in [0.1, 0.15) is 5.58 Å². The minimum atomic E-state index is -0.306. The van der Waals surface area contributed by atoms with E-state index in [0.717, 1.165) is 54.7 Å². The lowest BCUT2D eigenvalue weighted by Crippen LogP contribution is -2.43. The standard InChI is InChI=1S/C19H26N2O3S/c1-5-21(14-6-9-20(25-4)10-7-14)16-12-17-15(8-11-24-17)18(13(16)2)19(22)23-3/h8,11-12,14H,5-7,9-10H2,1-4H3. The molecule has 1 aliphatic heterocycles. The van der Waals surface area contributed by atoms with E-state index in [1.165, 1.54) is 7.11 Å². The number of nitrogens with zero attached hydrogens (tertiary/aromatic N) is 2. The van der Waals surface area contributed by atoms with E-state index in [1.54, 1.807) is 6.26 Å². The van der Waals surface area contributed by atoms with Crippen molar-refractivity contribution in [2.75, 3.05) is 37.9 Å². The van der Waals surface area contributed by atoms with Gasteiger partial charge in [0, 0.05) is 42.8 Å². The van der Waals surface area contributed by atoms with E-state index < -0.39 is 0 Å². The first kappa shape index (κ1) is 18.1. The van der Waals surface area contributed by atoms with Gasteiger partial charge in [0.05, 0.1) is 18.9 Å². The second-order valence-electron chi connectivity index (χ2n) is 6.35. The minimum absolute atomic E-state index is 0.306. The van der Waals surface area contributed by atoms with Crippen LogP contribution in [0.25, 0.3) is 11.0 Å². The number of piperidine rings is 1. The van der Waals surface area contributed by atoms with Gasteiger partial charge < -0.3 is 14.1 Å². The van der Waals surface area contributed by atoms with Gasteiger partial charge in [-0.05, 0) is 44.6 Å². The quantitative estimate of drug-likeness (QED) is 0.589. The Labute approximate surface area is 153 Å². The zero-order valence-electron chi connectivity index (χ0n) is 15.4. The van der Waals surface area contributed by atoms with E-state index in [1.807, 2.05) is 24.9 Å². The maximum atomic E-state index is 12.4. The highest BCUT2D eigenvalue weighted by Gasteiger charge is 2.27. The molecule has 1 aromatic carbocycles. The lowest BCUT2D eigenvalue weighted by Gasteiger charge is -2.39. The molecule has 136 valence electrons. The van der Waals surface area contributed by atoms with Gasteiger partial charge in [-0.1, -0.05) is 11.9 Å². The SMILES string of the molecule is CCN(c1cc2occc2c(C(=O)OC)c1C)C1CCN(SC)CC1. The summed E-state index contributed by atoms with van der Waals surface area (Å²) in [6, 6.07) is 4.39. The molecule has 1 aliphatic rings. The average molecular weight is 362 g/mol. The highest BCUT2D eigenvalue weighted by molar-refractivity contribution is 7.96. The summed E-state index contributed by atoms with van der Waals surface area (Å²) >= 11 is 1.82. The van der Waals surface area contributed by atoms with Crippen LogP contribution >= 0.6 is 11.9 Å². The predicted molar refractivity (Wildman–Crippen MR) is 103 cm³/mol. The van der Waals surface area contributed by atoms with E-state index in [2.05, 4.69) is 28.5 Å². The van der Waals surface area contributed by atoms with Gasteiger partial charge in [-0.2, -0.15) is 0 Å². The summed E-state index contributed by atoms with van der Waals surface area (Å²) in [5, 5.41) is 0.821. The first-order valence-corrected chi connectivity index (χ1v) is 9.93. The number of carbonyl (C=O) groups is 1. The maximum Gasteiger partial charge on any atom is 0.338 e. The van der Waals surface area contributed by atoms with Gasteiger partial charge in [-0.25, -0.2) is 4.79 Å². The Bertz CT molecular complexity index is 750. The molecular weight excluding hydrogens is 336 g/mol. The van der Waals surface area contributed by atoms with Crippen molar-refractivity contribution < 1.29 is 13.9 Å². The normalized spacial score (nSPS) is 16.3. The number of esters is 1. The molecule has 0 bridgehead atoms. The van der Waals surface area contributed by atoms with Gasteiger partial charge >= 0.3 is 5.97 Å². The number of fused-ring (bicyclic) bond motifs is 1. The van der Waals surface area contributed by atoms with Crippen molar-refractivity contribution in [3.63, 3.8) is 0 Å². The molecule has 3 rings (SSSR count). The Balaban J connectivity index is 2.01. The van der Waals surface area contributed by atoms with Crippen LogP contribution in [0.2, 0.25) is 0 Å². The van der Waals surface area contributed by atoms with Crippen LogP contribution in [0, 0.1) is 6.92 Å². The first-order chi connectivity index (χ1) is 12.1. The van der Waals surface area contributed by atoms with Gasteiger partial charge in [0.15, 0.2) is 0 Å². The van der Waals surface area contributed by atoms with E-state index in [-0.39, 0.29) is 5.97 Å². The van der Waals surface area contributed by atoms with Gasteiger partial charge in [-0.3, -0.25) is 4.31 Å². The van der Waals surface area contributed by atoms with Crippen LogP contribution < -0.4 is 4.90 Å². The summed E-state index contributed by atoms with van der Waals surface area (Å²) < 4.78 is 13.1. The molecule has 2 heterocycles. The van der Waals surface area contributed by atoms with Crippen molar-refractivity contribution in [1.82, 2.24) is 4.31 Å². The fourth-order valence-corrected chi connectivity index (χ4v) is 4.40. The third-order valence-corrected chi connectivity index (χ3v) is 6.04. The predicted octanol–water partition coefficient (Wildman–Crippen LogP) is 4.10. The topological polar surface area (TPSA) is 45.9 Å². The molecule has 5 nitrogen and oxygen atoms in total. The fourth-order valence-electron chi connectivity index (χ4n) is 3.83. The number of anilines is 1. The number of furan rings is 1. The third-order valence-electron chi connectivity index (χ3n) is 5.15. The molecule has 2 aromatic rings. The molecule has 0 spiro atoms. The Morgan fingerprint density at radius 3 is 2.76 bits per heavy atom. The second kappa shape index (κ2) is 7.70. The highest BCUT2D eigenvalue weighted by atomic mass is 32.2. The lowest BCUT2D eigenvalue weighted by molar-refractivity contribution is 0.0602. The molecule has 1 fully saturated rings. The van der Waals surface area contributed by atoms with E-state index in [0.29, 0.717) is 11.6 Å². The van der Waals surface area contributed by atoms with Crippen LogP contribution in [-0.4, -0.2) is 49.3 Å².